The van der Waals surface area contributed by atoms with E-state index in [0.29, 0.717) is 38.5 Å². The van der Waals surface area contributed by atoms with Gasteiger partial charge in [0.05, 0.1) is 24.9 Å². The Kier molecular flexibility index (Phi) is 7.61. The maximum absolute atomic E-state index is 13.8. The van der Waals surface area contributed by atoms with Crippen LogP contribution in [0.1, 0.15) is 16.1 Å². The van der Waals surface area contributed by atoms with Crippen molar-refractivity contribution in [3.63, 3.8) is 0 Å². The van der Waals surface area contributed by atoms with E-state index >= 15 is 0 Å². The molecule has 0 radical (unpaired) electrons. The molecular weight excluding hydrogens is 466 g/mol. The maximum atomic E-state index is 13.8. The molecule has 0 saturated carbocycles. The summed E-state index contributed by atoms with van der Waals surface area (Å²) in [5, 5.41) is 0.936. The molecule has 2 heterocycles. The second-order valence-electron chi connectivity index (χ2n) is 9.09. The summed E-state index contributed by atoms with van der Waals surface area (Å²) < 4.78 is 19.2. The summed E-state index contributed by atoms with van der Waals surface area (Å²) in [7, 11) is 3.37. The van der Waals surface area contributed by atoms with Gasteiger partial charge in [-0.25, -0.2) is 0 Å². The Balaban J connectivity index is 1.38. The van der Waals surface area contributed by atoms with Gasteiger partial charge < -0.3 is 28.6 Å². The number of rotatable bonds is 9. The van der Waals surface area contributed by atoms with Gasteiger partial charge in [-0.15, -0.1) is 0 Å². The Labute approximate surface area is 217 Å². The lowest BCUT2D eigenvalue weighted by Crippen LogP contribution is -2.49. The van der Waals surface area contributed by atoms with Gasteiger partial charge in [-0.3, -0.25) is 4.79 Å². The number of ether oxygens (including phenoxy) is 3. The van der Waals surface area contributed by atoms with Gasteiger partial charge in [0.1, 0.15) is 23.8 Å². The van der Waals surface area contributed by atoms with Crippen LogP contribution in [0.25, 0.3) is 10.9 Å². The van der Waals surface area contributed by atoms with Gasteiger partial charge in [0, 0.05) is 45.2 Å². The molecule has 0 spiro atoms. The smallest absolute Gasteiger partial charge is 0.270 e. The summed E-state index contributed by atoms with van der Waals surface area (Å²) >= 11 is 0. The molecule has 7 heteroatoms. The Morgan fingerprint density at radius 1 is 0.838 bits per heavy atom. The fraction of sp³-hybridized carbons (Fsp3) is 0.300. The average Bonchev–Trinajstić information content (AvgIpc) is 3.34. The van der Waals surface area contributed by atoms with Crippen LogP contribution in [0.4, 0.5) is 5.69 Å². The van der Waals surface area contributed by atoms with Crippen LogP contribution in [-0.2, 0) is 17.9 Å². The second kappa shape index (κ2) is 11.4. The fourth-order valence-electron chi connectivity index (χ4n) is 4.92. The first-order valence-electron chi connectivity index (χ1n) is 12.6. The van der Waals surface area contributed by atoms with Crippen molar-refractivity contribution in [3.8, 4) is 11.5 Å². The minimum Gasteiger partial charge on any atom is -0.495 e. The summed E-state index contributed by atoms with van der Waals surface area (Å²) in [6.45, 7) is 4.34. The number of nitrogens with zero attached hydrogens (tertiary/aromatic N) is 3. The van der Waals surface area contributed by atoms with Gasteiger partial charge >= 0.3 is 0 Å². The normalized spacial score (nSPS) is 13.7. The van der Waals surface area contributed by atoms with Crippen LogP contribution in [0.15, 0.2) is 78.9 Å². The third-order valence-electron chi connectivity index (χ3n) is 6.87. The van der Waals surface area contributed by atoms with E-state index in [1.807, 2.05) is 77.7 Å². The Morgan fingerprint density at radius 2 is 1.57 bits per heavy atom. The SMILES string of the molecule is COCCn1c(C(=O)N2CCN(c3ccccc3OC)CC2)cc2c(OCc3ccccc3)cccc21. The minimum atomic E-state index is 0.0287. The third-order valence-corrected chi connectivity index (χ3v) is 6.87. The van der Waals surface area contributed by atoms with E-state index < -0.39 is 0 Å². The van der Waals surface area contributed by atoms with E-state index in [2.05, 4.69) is 15.5 Å². The molecule has 7 nitrogen and oxygen atoms in total. The van der Waals surface area contributed by atoms with E-state index in [-0.39, 0.29) is 5.91 Å². The number of benzene rings is 3. The zero-order chi connectivity index (χ0) is 25.6. The molecule has 1 amide bonds. The summed E-state index contributed by atoms with van der Waals surface area (Å²) in [5.41, 5.74) is 3.79. The van der Waals surface area contributed by atoms with Crippen molar-refractivity contribution in [1.82, 2.24) is 9.47 Å². The number of amides is 1. The van der Waals surface area contributed by atoms with Crippen molar-refractivity contribution in [1.29, 1.82) is 0 Å². The van der Waals surface area contributed by atoms with E-state index in [1.54, 1.807) is 14.2 Å². The van der Waals surface area contributed by atoms with Crippen molar-refractivity contribution >= 4 is 22.5 Å². The van der Waals surface area contributed by atoms with Gasteiger partial charge in [-0.05, 0) is 35.9 Å². The summed E-state index contributed by atoms with van der Waals surface area (Å²) in [6, 6.07) is 26.1. The highest BCUT2D eigenvalue weighted by molar-refractivity contribution is 6.00. The molecule has 5 rings (SSSR count). The number of hydrogen-bond donors (Lipinski definition) is 0. The number of para-hydroxylation sites is 2. The molecule has 1 saturated heterocycles. The molecule has 1 fully saturated rings. The number of aromatic nitrogens is 1. The van der Waals surface area contributed by atoms with Crippen LogP contribution in [0.3, 0.4) is 0 Å². The van der Waals surface area contributed by atoms with E-state index in [4.69, 9.17) is 14.2 Å². The number of carbonyl (C=O) groups is 1. The topological polar surface area (TPSA) is 56.2 Å². The fourth-order valence-corrected chi connectivity index (χ4v) is 4.92. The molecule has 37 heavy (non-hydrogen) atoms. The van der Waals surface area contributed by atoms with E-state index in [9.17, 15) is 4.79 Å². The third kappa shape index (κ3) is 5.27. The largest absolute Gasteiger partial charge is 0.495 e. The average molecular weight is 500 g/mol. The van der Waals surface area contributed by atoms with Crippen molar-refractivity contribution in [3.05, 3.63) is 90.1 Å². The summed E-state index contributed by atoms with van der Waals surface area (Å²) in [4.78, 5) is 18.0. The van der Waals surface area contributed by atoms with E-state index in [0.717, 1.165) is 46.7 Å². The van der Waals surface area contributed by atoms with Gasteiger partial charge in [0.15, 0.2) is 0 Å². The van der Waals surface area contributed by atoms with Crippen LogP contribution < -0.4 is 14.4 Å². The predicted molar refractivity (Wildman–Crippen MR) is 146 cm³/mol. The monoisotopic (exact) mass is 499 g/mol. The summed E-state index contributed by atoms with van der Waals surface area (Å²) in [5.74, 6) is 1.65. The molecule has 1 aromatic heterocycles. The zero-order valence-electron chi connectivity index (χ0n) is 21.4. The highest BCUT2D eigenvalue weighted by Gasteiger charge is 2.27. The highest BCUT2D eigenvalue weighted by atomic mass is 16.5. The van der Waals surface area contributed by atoms with Crippen molar-refractivity contribution < 1.29 is 19.0 Å². The molecule has 0 bridgehead atoms. The molecule has 3 aromatic carbocycles. The molecular formula is C30H33N3O4. The van der Waals surface area contributed by atoms with Crippen LogP contribution in [0.2, 0.25) is 0 Å². The first-order chi connectivity index (χ1) is 18.2. The highest BCUT2D eigenvalue weighted by Crippen LogP contribution is 2.32. The number of anilines is 1. The van der Waals surface area contributed by atoms with Gasteiger partial charge in [-0.2, -0.15) is 0 Å². The molecule has 4 aromatic rings. The first-order valence-corrected chi connectivity index (χ1v) is 12.6. The molecule has 1 aliphatic rings. The number of carbonyl (C=O) groups excluding carboxylic acids is 1. The summed E-state index contributed by atoms with van der Waals surface area (Å²) in [6.07, 6.45) is 0. The van der Waals surface area contributed by atoms with Crippen LogP contribution in [0, 0.1) is 0 Å². The van der Waals surface area contributed by atoms with Crippen LogP contribution >= 0.6 is 0 Å². The van der Waals surface area contributed by atoms with Crippen molar-refractivity contribution in [2.75, 3.05) is 51.9 Å². The van der Waals surface area contributed by atoms with Crippen molar-refractivity contribution in [2.24, 2.45) is 0 Å². The maximum Gasteiger partial charge on any atom is 0.270 e. The molecule has 192 valence electrons. The van der Waals surface area contributed by atoms with Crippen LogP contribution in [0.5, 0.6) is 11.5 Å². The van der Waals surface area contributed by atoms with E-state index in [1.165, 1.54) is 0 Å². The zero-order valence-corrected chi connectivity index (χ0v) is 21.4. The molecule has 0 unspecified atom stereocenters. The number of fused-ring (bicyclic) bond motifs is 1. The number of piperazine rings is 1. The molecule has 0 aliphatic carbocycles. The van der Waals surface area contributed by atoms with Gasteiger partial charge in [-0.1, -0.05) is 48.5 Å². The lowest BCUT2D eigenvalue weighted by molar-refractivity contribution is 0.0734. The van der Waals surface area contributed by atoms with Crippen LogP contribution in [-0.4, -0.2) is 62.4 Å². The standard InChI is InChI=1S/C30H33N3O4/c1-35-20-19-33-25-12-8-14-28(37-22-23-9-4-3-5-10-23)24(25)21-27(33)30(34)32-17-15-31(16-18-32)26-11-6-7-13-29(26)36-2/h3-14,21H,15-20,22H2,1-2H3. The molecule has 0 N–H and O–H groups in total. The quantitative estimate of drug-likeness (QED) is 0.330. The Hall–Kier alpha value is -3.97. The number of methoxy groups -OCH3 is 2. The minimum absolute atomic E-state index is 0.0287. The lowest BCUT2D eigenvalue weighted by Gasteiger charge is -2.36. The molecule has 0 atom stereocenters. The van der Waals surface area contributed by atoms with Gasteiger partial charge in [0.2, 0.25) is 0 Å². The first kappa shape index (κ1) is 24.7. The number of hydrogen-bond acceptors (Lipinski definition) is 5. The van der Waals surface area contributed by atoms with Crippen molar-refractivity contribution in [2.45, 2.75) is 13.2 Å². The Morgan fingerprint density at radius 3 is 2.32 bits per heavy atom. The van der Waals surface area contributed by atoms with Gasteiger partial charge in [0.25, 0.3) is 5.91 Å². The second-order valence-corrected chi connectivity index (χ2v) is 9.09. The predicted octanol–water partition coefficient (Wildman–Crippen LogP) is 4.84. The lowest BCUT2D eigenvalue weighted by atomic mass is 10.2. The Bertz CT molecular complexity index is 1340. The molecule has 1 aliphatic heterocycles.